The van der Waals surface area contributed by atoms with Crippen molar-refractivity contribution in [1.29, 1.82) is 0 Å². The van der Waals surface area contributed by atoms with Crippen LogP contribution in [0.1, 0.15) is 6.42 Å². The van der Waals surface area contributed by atoms with Crippen LogP contribution in [0.5, 0.6) is 5.75 Å². The zero-order chi connectivity index (χ0) is 16.3. The predicted octanol–water partition coefficient (Wildman–Crippen LogP) is 2.57. The molecule has 2 aromatic rings. The van der Waals surface area contributed by atoms with Crippen LogP contribution < -0.4 is 10.1 Å². The van der Waals surface area contributed by atoms with E-state index in [4.69, 9.17) is 4.74 Å². The highest BCUT2D eigenvalue weighted by atomic mass is 32.2. The van der Waals surface area contributed by atoms with Crippen molar-refractivity contribution in [1.82, 2.24) is 4.31 Å². The number of nitrogens with zero attached hydrogens (tertiary/aromatic N) is 1. The normalized spacial score (nSPS) is 18.7. The lowest BCUT2D eigenvalue weighted by Gasteiger charge is -2.18. The molecule has 2 aromatic carbocycles. The first-order chi connectivity index (χ1) is 11.1. The molecular formula is C17H20N2O3S. The maximum atomic E-state index is 12.7. The Morgan fingerprint density at radius 2 is 1.78 bits per heavy atom. The zero-order valence-electron chi connectivity index (χ0n) is 13.0. The van der Waals surface area contributed by atoms with Gasteiger partial charge >= 0.3 is 0 Å². The summed E-state index contributed by atoms with van der Waals surface area (Å²) >= 11 is 0. The molecule has 23 heavy (non-hydrogen) atoms. The molecule has 1 fully saturated rings. The lowest BCUT2D eigenvalue weighted by molar-refractivity contribution is 0.414. The van der Waals surface area contributed by atoms with Crippen LogP contribution in [0.25, 0.3) is 0 Å². The molecule has 1 N–H and O–H groups in total. The van der Waals surface area contributed by atoms with Gasteiger partial charge in [0.1, 0.15) is 5.75 Å². The van der Waals surface area contributed by atoms with Crippen LogP contribution in [0, 0.1) is 0 Å². The Kier molecular flexibility index (Phi) is 4.54. The number of para-hydroxylation sites is 1. The van der Waals surface area contributed by atoms with Crippen LogP contribution in [-0.2, 0) is 10.0 Å². The topological polar surface area (TPSA) is 58.6 Å². The lowest BCUT2D eigenvalue weighted by Crippen LogP contribution is -2.31. The second kappa shape index (κ2) is 6.60. The Balaban J connectivity index is 1.69. The third-order valence-corrected chi connectivity index (χ3v) is 5.87. The van der Waals surface area contributed by atoms with E-state index >= 15 is 0 Å². The van der Waals surface area contributed by atoms with E-state index in [-0.39, 0.29) is 6.04 Å². The molecule has 0 amide bonds. The molecular weight excluding hydrogens is 312 g/mol. The summed E-state index contributed by atoms with van der Waals surface area (Å²) in [6.07, 6.45) is 0.796. The monoisotopic (exact) mass is 332 g/mol. The molecule has 0 saturated carbocycles. The standard InChI is InChI=1S/C17H20N2O3S/c1-22-16-7-9-17(10-8-16)23(20,21)19-12-11-15(13-19)18-14-5-3-2-4-6-14/h2-10,15,18H,11-13H2,1H3/t15-/m1/s1. The fourth-order valence-corrected chi connectivity index (χ4v) is 4.23. The fraction of sp³-hybridized carbons (Fsp3) is 0.294. The van der Waals surface area contributed by atoms with E-state index in [1.54, 1.807) is 31.4 Å². The smallest absolute Gasteiger partial charge is 0.243 e. The molecule has 1 aliphatic rings. The Hall–Kier alpha value is -2.05. The average Bonchev–Trinajstić information content (AvgIpc) is 3.05. The van der Waals surface area contributed by atoms with Gasteiger partial charge in [-0.25, -0.2) is 8.42 Å². The van der Waals surface area contributed by atoms with E-state index in [0.717, 1.165) is 12.1 Å². The minimum atomic E-state index is -3.45. The van der Waals surface area contributed by atoms with Crippen molar-refractivity contribution < 1.29 is 13.2 Å². The number of nitrogens with one attached hydrogen (secondary N) is 1. The molecule has 1 aliphatic heterocycles. The second-order valence-electron chi connectivity index (χ2n) is 5.53. The molecule has 1 heterocycles. The Labute approximate surface area is 136 Å². The van der Waals surface area contributed by atoms with E-state index in [2.05, 4.69) is 5.32 Å². The quantitative estimate of drug-likeness (QED) is 0.914. The van der Waals surface area contributed by atoms with Gasteiger partial charge in [0, 0.05) is 24.8 Å². The maximum absolute atomic E-state index is 12.7. The Bertz CT molecular complexity index is 745. The molecule has 5 nitrogen and oxygen atoms in total. The summed E-state index contributed by atoms with van der Waals surface area (Å²) in [6.45, 7) is 1.00. The van der Waals surface area contributed by atoms with Crippen LogP contribution in [0.2, 0.25) is 0 Å². The van der Waals surface area contributed by atoms with Gasteiger partial charge in [0.05, 0.1) is 12.0 Å². The van der Waals surface area contributed by atoms with Crippen molar-refractivity contribution >= 4 is 15.7 Å². The third kappa shape index (κ3) is 3.48. The van der Waals surface area contributed by atoms with Crippen molar-refractivity contribution in [2.75, 3.05) is 25.5 Å². The van der Waals surface area contributed by atoms with Crippen LogP contribution in [0.4, 0.5) is 5.69 Å². The summed E-state index contributed by atoms with van der Waals surface area (Å²) < 4.78 is 32.0. The highest BCUT2D eigenvalue weighted by Crippen LogP contribution is 2.24. The van der Waals surface area contributed by atoms with Gasteiger partial charge in [-0.15, -0.1) is 0 Å². The summed E-state index contributed by atoms with van der Waals surface area (Å²) in [7, 11) is -1.89. The van der Waals surface area contributed by atoms with Gasteiger partial charge in [-0.1, -0.05) is 18.2 Å². The number of anilines is 1. The van der Waals surface area contributed by atoms with E-state index in [1.807, 2.05) is 30.3 Å². The van der Waals surface area contributed by atoms with Crippen molar-refractivity contribution in [2.45, 2.75) is 17.4 Å². The summed E-state index contributed by atoms with van der Waals surface area (Å²) in [5, 5.41) is 3.39. The predicted molar refractivity (Wildman–Crippen MR) is 90.2 cm³/mol. The van der Waals surface area contributed by atoms with Gasteiger partial charge in [0.25, 0.3) is 0 Å². The van der Waals surface area contributed by atoms with Gasteiger partial charge in [-0.3, -0.25) is 0 Å². The van der Waals surface area contributed by atoms with Crippen molar-refractivity contribution in [2.24, 2.45) is 0 Å². The van der Waals surface area contributed by atoms with E-state index in [0.29, 0.717) is 23.7 Å². The zero-order valence-corrected chi connectivity index (χ0v) is 13.8. The van der Waals surface area contributed by atoms with Gasteiger partial charge in [0.2, 0.25) is 10.0 Å². The first-order valence-electron chi connectivity index (χ1n) is 7.55. The van der Waals surface area contributed by atoms with Crippen molar-refractivity contribution in [3.63, 3.8) is 0 Å². The average molecular weight is 332 g/mol. The summed E-state index contributed by atoms with van der Waals surface area (Å²) in [5.41, 5.74) is 1.01. The summed E-state index contributed by atoms with van der Waals surface area (Å²) in [5.74, 6) is 0.647. The van der Waals surface area contributed by atoms with Gasteiger partial charge in [-0.2, -0.15) is 4.31 Å². The molecule has 122 valence electrons. The van der Waals surface area contributed by atoms with Crippen molar-refractivity contribution in [3.8, 4) is 5.75 Å². The minimum Gasteiger partial charge on any atom is -0.497 e. The summed E-state index contributed by atoms with van der Waals surface area (Å²) in [4.78, 5) is 0.304. The third-order valence-electron chi connectivity index (χ3n) is 3.99. The minimum absolute atomic E-state index is 0.130. The maximum Gasteiger partial charge on any atom is 0.243 e. The van der Waals surface area contributed by atoms with Gasteiger partial charge in [-0.05, 0) is 42.8 Å². The number of methoxy groups -OCH3 is 1. The number of hydrogen-bond donors (Lipinski definition) is 1. The number of sulfonamides is 1. The molecule has 6 heteroatoms. The number of benzene rings is 2. The molecule has 1 saturated heterocycles. The SMILES string of the molecule is COc1ccc(S(=O)(=O)N2CC[C@@H](Nc3ccccc3)C2)cc1. The highest BCUT2D eigenvalue weighted by molar-refractivity contribution is 7.89. The van der Waals surface area contributed by atoms with Crippen molar-refractivity contribution in [3.05, 3.63) is 54.6 Å². The molecule has 0 bridgehead atoms. The molecule has 0 aliphatic carbocycles. The number of hydrogen-bond acceptors (Lipinski definition) is 4. The van der Waals surface area contributed by atoms with Gasteiger partial charge < -0.3 is 10.1 Å². The van der Waals surface area contributed by atoms with Gasteiger partial charge in [0.15, 0.2) is 0 Å². The Morgan fingerprint density at radius 3 is 2.43 bits per heavy atom. The molecule has 0 aromatic heterocycles. The summed E-state index contributed by atoms with van der Waals surface area (Å²) in [6, 6.07) is 16.5. The van der Waals surface area contributed by atoms with Crippen LogP contribution in [-0.4, -0.2) is 39.0 Å². The second-order valence-corrected chi connectivity index (χ2v) is 7.47. The number of rotatable bonds is 5. The lowest BCUT2D eigenvalue weighted by atomic mass is 10.2. The molecule has 0 unspecified atom stereocenters. The molecule has 1 atom stereocenters. The largest absolute Gasteiger partial charge is 0.497 e. The van der Waals surface area contributed by atoms with E-state index < -0.39 is 10.0 Å². The molecule has 0 spiro atoms. The first kappa shape index (κ1) is 15.8. The fourth-order valence-electron chi connectivity index (χ4n) is 2.73. The highest BCUT2D eigenvalue weighted by Gasteiger charge is 2.32. The molecule has 3 rings (SSSR count). The molecule has 0 radical (unpaired) electrons. The first-order valence-corrected chi connectivity index (χ1v) is 8.99. The van der Waals surface area contributed by atoms with Crippen LogP contribution in [0.15, 0.2) is 59.5 Å². The number of ether oxygens (including phenoxy) is 1. The van der Waals surface area contributed by atoms with Crippen LogP contribution in [0.3, 0.4) is 0 Å². The van der Waals surface area contributed by atoms with E-state index in [1.165, 1.54) is 4.31 Å². The van der Waals surface area contributed by atoms with E-state index in [9.17, 15) is 8.42 Å². The van der Waals surface area contributed by atoms with Crippen LogP contribution >= 0.6 is 0 Å². The Morgan fingerprint density at radius 1 is 1.09 bits per heavy atom.